The van der Waals surface area contributed by atoms with E-state index in [1.165, 1.54) is 6.33 Å². The minimum atomic E-state index is -0.955. The molecule has 1 aliphatic heterocycles. The largest absolute Gasteiger partial charge is 0.443 e. The molecule has 2 aromatic heterocycles. The van der Waals surface area contributed by atoms with Crippen LogP contribution < -0.4 is 4.90 Å². The monoisotopic (exact) mass is 745 g/mol. The molecule has 5 aromatic rings. The number of aromatic nitrogens is 4. The minimum Gasteiger partial charge on any atom is -0.443 e. The summed E-state index contributed by atoms with van der Waals surface area (Å²) in [5.74, 6) is -0.972. The highest BCUT2D eigenvalue weighted by atomic mass is 16.8. The first-order valence-corrected chi connectivity index (χ1v) is 18.4. The van der Waals surface area contributed by atoms with E-state index in [1.54, 1.807) is 47.9 Å². The van der Waals surface area contributed by atoms with Gasteiger partial charge in [-0.15, -0.1) is 0 Å². The number of imide groups is 1. The molecule has 0 saturated carbocycles. The van der Waals surface area contributed by atoms with Crippen molar-refractivity contribution in [1.29, 1.82) is 0 Å². The van der Waals surface area contributed by atoms with E-state index in [9.17, 15) is 9.59 Å². The molecule has 1 aliphatic carbocycles. The summed E-state index contributed by atoms with van der Waals surface area (Å²) in [7, 11) is 0. The van der Waals surface area contributed by atoms with Gasteiger partial charge in [0.2, 0.25) is 0 Å². The second-order valence-electron chi connectivity index (χ2n) is 16.1. The summed E-state index contributed by atoms with van der Waals surface area (Å²) in [5, 5.41) is 0. The van der Waals surface area contributed by atoms with Gasteiger partial charge in [0.1, 0.15) is 35.3 Å². The second kappa shape index (κ2) is 14.3. The number of fused-ring (bicyclic) bond motifs is 2. The van der Waals surface area contributed by atoms with Crippen LogP contribution in [0.4, 0.5) is 15.4 Å². The van der Waals surface area contributed by atoms with Crippen molar-refractivity contribution in [3.63, 3.8) is 0 Å². The Bertz CT molecular complexity index is 2070. The number of imidazole rings is 1. The van der Waals surface area contributed by atoms with E-state index in [1.807, 2.05) is 73.0 Å². The maximum Gasteiger partial charge on any atom is 0.425 e. The van der Waals surface area contributed by atoms with Crippen molar-refractivity contribution in [1.82, 2.24) is 19.5 Å². The fourth-order valence-corrected chi connectivity index (χ4v) is 7.15. The quantitative estimate of drug-likeness (QED) is 0.113. The molecule has 1 saturated heterocycles. The molecule has 3 aromatic carbocycles. The molecule has 12 nitrogen and oxygen atoms in total. The van der Waals surface area contributed by atoms with Crippen LogP contribution in [0.25, 0.3) is 11.2 Å². The number of rotatable bonds is 8. The Labute approximate surface area is 321 Å². The fourth-order valence-electron chi connectivity index (χ4n) is 7.15. The number of amides is 2. The van der Waals surface area contributed by atoms with E-state index in [4.69, 9.17) is 23.7 Å². The number of carbonyl (C=O) groups excluding carboxylic acids is 2. The molecule has 286 valence electrons. The van der Waals surface area contributed by atoms with Gasteiger partial charge in [-0.2, -0.15) is 4.90 Å². The summed E-state index contributed by atoms with van der Waals surface area (Å²) in [6.45, 7) is 14.2. The SMILES string of the molecule is CC(C)(C)OC(=O)N(C(=O)OC(C)(C)C)c1ncnc2c1ncn2[C@H]1C=C(COC(c2ccccc2)(c2ccccc2)c2ccccc2)[C@H]2OC(C)(C)O[C@H]21. The van der Waals surface area contributed by atoms with Gasteiger partial charge in [-0.05, 0) is 77.7 Å². The van der Waals surface area contributed by atoms with Crippen molar-refractivity contribution < 1.29 is 33.3 Å². The van der Waals surface area contributed by atoms with Gasteiger partial charge >= 0.3 is 12.2 Å². The number of benzene rings is 3. The van der Waals surface area contributed by atoms with Crippen LogP contribution in [0, 0.1) is 0 Å². The van der Waals surface area contributed by atoms with Crippen LogP contribution in [0.1, 0.15) is 78.1 Å². The van der Waals surface area contributed by atoms with Gasteiger partial charge in [-0.25, -0.2) is 24.5 Å². The van der Waals surface area contributed by atoms with Crippen LogP contribution in [0.3, 0.4) is 0 Å². The van der Waals surface area contributed by atoms with Gasteiger partial charge < -0.3 is 28.3 Å². The first-order valence-electron chi connectivity index (χ1n) is 18.4. The van der Waals surface area contributed by atoms with Crippen LogP contribution in [-0.4, -0.2) is 67.5 Å². The van der Waals surface area contributed by atoms with Crippen LogP contribution in [0.5, 0.6) is 0 Å². The Morgan fingerprint density at radius 1 is 0.745 bits per heavy atom. The molecule has 0 spiro atoms. The molecule has 0 unspecified atom stereocenters. The second-order valence-corrected chi connectivity index (χ2v) is 16.1. The highest BCUT2D eigenvalue weighted by Crippen LogP contribution is 2.46. The summed E-state index contributed by atoms with van der Waals surface area (Å²) in [4.78, 5) is 41.5. The Morgan fingerprint density at radius 3 is 1.75 bits per heavy atom. The standard InChI is InChI=1S/C43H47N5O7/c1-40(2,3)54-38(49)48(39(50)55-41(4,5)6)37-33-36(44-26-45-37)47(27-46-33)32-24-28(34-35(32)53-42(7,8)52-34)25-51-43(29-18-12-9-13-19-29,30-20-14-10-15-21-30)31-22-16-11-17-23-31/h9-24,26-27,32,34-35H,25H2,1-8H3/t32-,34+,35-/m0/s1. The summed E-state index contributed by atoms with van der Waals surface area (Å²) in [6, 6.07) is 30.1. The number of anilines is 1. The predicted molar refractivity (Wildman–Crippen MR) is 206 cm³/mol. The first kappa shape index (κ1) is 37.9. The predicted octanol–water partition coefficient (Wildman–Crippen LogP) is 8.51. The van der Waals surface area contributed by atoms with Gasteiger partial charge in [0.05, 0.1) is 19.0 Å². The molecule has 3 atom stereocenters. The van der Waals surface area contributed by atoms with Gasteiger partial charge in [0.25, 0.3) is 0 Å². The summed E-state index contributed by atoms with van der Waals surface area (Å²) in [5.41, 5.74) is 1.62. The third-order valence-corrected chi connectivity index (χ3v) is 9.24. The third-order valence-electron chi connectivity index (χ3n) is 9.24. The summed E-state index contributed by atoms with van der Waals surface area (Å²) < 4.78 is 33.4. The normalized spacial score (nSPS) is 19.5. The van der Waals surface area contributed by atoms with E-state index in [0.29, 0.717) is 5.65 Å². The summed E-state index contributed by atoms with van der Waals surface area (Å²) in [6.07, 6.45) is 2.11. The van der Waals surface area contributed by atoms with Gasteiger partial charge in [0, 0.05) is 0 Å². The molecule has 55 heavy (non-hydrogen) atoms. The molecule has 7 rings (SSSR count). The molecule has 2 amide bonds. The smallest absolute Gasteiger partial charge is 0.425 e. The zero-order valence-corrected chi connectivity index (χ0v) is 32.4. The lowest BCUT2D eigenvalue weighted by atomic mass is 9.80. The van der Waals surface area contributed by atoms with E-state index in [0.717, 1.165) is 27.2 Å². The third kappa shape index (κ3) is 7.62. The molecule has 12 heteroatoms. The Balaban J connectivity index is 1.30. The zero-order valence-electron chi connectivity index (χ0n) is 32.4. The van der Waals surface area contributed by atoms with Gasteiger partial charge in [-0.1, -0.05) is 97.1 Å². The molecule has 1 fully saturated rings. The molecule has 0 bridgehead atoms. The zero-order chi connectivity index (χ0) is 39.2. The van der Waals surface area contributed by atoms with Crippen LogP contribution in [-0.2, 0) is 29.3 Å². The minimum absolute atomic E-state index is 0.0726. The Hall–Kier alpha value is -5.43. The summed E-state index contributed by atoms with van der Waals surface area (Å²) >= 11 is 0. The van der Waals surface area contributed by atoms with Crippen molar-refractivity contribution in [2.45, 2.75) is 96.2 Å². The van der Waals surface area contributed by atoms with Crippen LogP contribution in [0.2, 0.25) is 0 Å². The van der Waals surface area contributed by atoms with Gasteiger partial charge in [0.15, 0.2) is 22.8 Å². The number of nitrogens with zero attached hydrogens (tertiary/aromatic N) is 5. The van der Waals surface area contributed by atoms with Crippen molar-refractivity contribution in [3.05, 3.63) is 132 Å². The van der Waals surface area contributed by atoms with Crippen LogP contribution >= 0.6 is 0 Å². The van der Waals surface area contributed by atoms with E-state index >= 15 is 0 Å². The van der Waals surface area contributed by atoms with Crippen molar-refractivity contribution in [3.8, 4) is 0 Å². The van der Waals surface area contributed by atoms with Crippen molar-refractivity contribution in [2.24, 2.45) is 0 Å². The average molecular weight is 746 g/mol. The number of hydrogen-bond donors (Lipinski definition) is 0. The lowest BCUT2D eigenvalue weighted by Gasteiger charge is -2.36. The lowest BCUT2D eigenvalue weighted by Crippen LogP contribution is -2.44. The fraction of sp³-hybridized carbons (Fsp3) is 0.372. The molecular weight excluding hydrogens is 699 g/mol. The van der Waals surface area contributed by atoms with E-state index < -0.39 is 53.0 Å². The maximum absolute atomic E-state index is 13.6. The first-order chi connectivity index (χ1) is 26.1. The maximum atomic E-state index is 13.6. The molecular formula is C43H47N5O7. The number of carbonyl (C=O) groups is 2. The lowest BCUT2D eigenvalue weighted by molar-refractivity contribution is -0.148. The molecule has 0 radical (unpaired) electrons. The highest BCUT2D eigenvalue weighted by Gasteiger charge is 2.52. The van der Waals surface area contributed by atoms with E-state index in [-0.39, 0.29) is 17.9 Å². The van der Waals surface area contributed by atoms with Crippen molar-refractivity contribution in [2.75, 3.05) is 11.5 Å². The van der Waals surface area contributed by atoms with Crippen LogP contribution in [0.15, 0.2) is 115 Å². The number of hydrogen-bond acceptors (Lipinski definition) is 10. The average Bonchev–Trinajstić information content (AvgIpc) is 3.79. The highest BCUT2D eigenvalue weighted by molar-refractivity contribution is 6.12. The molecule has 2 aliphatic rings. The number of ether oxygens (including phenoxy) is 5. The van der Waals surface area contributed by atoms with E-state index in [2.05, 4.69) is 57.4 Å². The molecule has 3 heterocycles. The molecule has 0 N–H and O–H groups in total. The Kier molecular flexibility index (Phi) is 9.87. The van der Waals surface area contributed by atoms with Crippen molar-refractivity contribution >= 4 is 29.2 Å². The van der Waals surface area contributed by atoms with Gasteiger partial charge in [-0.3, -0.25) is 0 Å². The topological polar surface area (TPSA) is 127 Å². The Morgan fingerprint density at radius 2 is 1.25 bits per heavy atom.